The lowest BCUT2D eigenvalue weighted by Crippen LogP contribution is -2.28. The molecule has 2 rings (SSSR count). The fourth-order valence-corrected chi connectivity index (χ4v) is 2.79. The molecule has 1 unspecified atom stereocenters. The molecule has 0 spiro atoms. The van der Waals surface area contributed by atoms with Crippen LogP contribution in [0.4, 0.5) is 0 Å². The highest BCUT2D eigenvalue weighted by molar-refractivity contribution is 9.10. The summed E-state index contributed by atoms with van der Waals surface area (Å²) in [5.74, 6) is 1.06. The van der Waals surface area contributed by atoms with E-state index in [1.165, 1.54) is 11.1 Å². The summed E-state index contributed by atoms with van der Waals surface area (Å²) in [6, 6.07) is 14.1. The minimum atomic E-state index is -0.131. The molecule has 1 N–H and O–H groups in total. The number of benzene rings is 2. The van der Waals surface area contributed by atoms with Gasteiger partial charge in [-0.2, -0.15) is 0 Å². The average molecular weight is 390 g/mol. The lowest BCUT2D eigenvalue weighted by Gasteiger charge is -2.13. The van der Waals surface area contributed by atoms with Crippen LogP contribution in [0.3, 0.4) is 0 Å². The summed E-state index contributed by atoms with van der Waals surface area (Å²) in [4.78, 5) is 11.9. The summed E-state index contributed by atoms with van der Waals surface area (Å²) < 4.78 is 6.50. The smallest absolute Gasteiger partial charge is 0.258 e. The van der Waals surface area contributed by atoms with Crippen LogP contribution in [0.5, 0.6) is 5.75 Å². The van der Waals surface area contributed by atoms with Crippen molar-refractivity contribution in [1.82, 2.24) is 5.32 Å². The predicted octanol–water partition coefficient (Wildman–Crippen LogP) is 4.97. The zero-order valence-corrected chi connectivity index (χ0v) is 16.0. The van der Waals surface area contributed by atoms with Crippen LogP contribution in [-0.2, 0) is 11.3 Å². The van der Waals surface area contributed by atoms with Gasteiger partial charge in [-0.25, -0.2) is 0 Å². The van der Waals surface area contributed by atoms with Gasteiger partial charge in [0, 0.05) is 6.54 Å². The van der Waals surface area contributed by atoms with Crippen LogP contribution in [0.15, 0.2) is 46.9 Å². The van der Waals surface area contributed by atoms with Crippen LogP contribution in [0.1, 0.15) is 42.9 Å². The Morgan fingerprint density at radius 2 is 1.92 bits per heavy atom. The Labute approximate surface area is 152 Å². The van der Waals surface area contributed by atoms with E-state index in [0.717, 1.165) is 16.5 Å². The minimum absolute atomic E-state index is 0.00708. The Kier molecular flexibility index (Phi) is 6.85. The van der Waals surface area contributed by atoms with Crippen molar-refractivity contribution >= 4 is 21.8 Å². The van der Waals surface area contributed by atoms with E-state index in [1.807, 2.05) is 37.3 Å². The van der Waals surface area contributed by atoms with Crippen molar-refractivity contribution in [2.45, 2.75) is 39.7 Å². The van der Waals surface area contributed by atoms with Crippen molar-refractivity contribution in [3.63, 3.8) is 0 Å². The molecular formula is C20H24BrNO2. The fraction of sp³-hybridized carbons (Fsp3) is 0.350. The van der Waals surface area contributed by atoms with E-state index in [4.69, 9.17) is 4.74 Å². The summed E-state index contributed by atoms with van der Waals surface area (Å²) in [7, 11) is 0. The summed E-state index contributed by atoms with van der Waals surface area (Å²) in [5, 5.41) is 2.87. The van der Waals surface area contributed by atoms with E-state index in [-0.39, 0.29) is 12.5 Å². The summed E-state index contributed by atoms with van der Waals surface area (Å²) in [6.45, 7) is 6.92. The van der Waals surface area contributed by atoms with E-state index in [9.17, 15) is 4.79 Å². The molecule has 0 radical (unpaired) electrons. The van der Waals surface area contributed by atoms with E-state index >= 15 is 0 Å². The Morgan fingerprint density at radius 3 is 2.54 bits per heavy atom. The van der Waals surface area contributed by atoms with Crippen LogP contribution in [0.25, 0.3) is 0 Å². The average Bonchev–Trinajstić information content (AvgIpc) is 2.59. The molecule has 2 aromatic rings. The summed E-state index contributed by atoms with van der Waals surface area (Å²) >= 11 is 3.52. The lowest BCUT2D eigenvalue weighted by molar-refractivity contribution is -0.123. The molecule has 0 heterocycles. The topological polar surface area (TPSA) is 38.3 Å². The molecule has 2 aromatic carbocycles. The number of amides is 1. The largest absolute Gasteiger partial charge is 0.483 e. The molecular weight excluding hydrogens is 366 g/mol. The first kappa shape index (κ1) is 18.5. The lowest BCUT2D eigenvalue weighted by atomic mass is 9.99. The molecule has 1 amide bonds. The molecule has 1 atom stereocenters. The van der Waals surface area contributed by atoms with Gasteiger partial charge >= 0.3 is 0 Å². The first-order valence-electron chi connectivity index (χ1n) is 8.24. The van der Waals surface area contributed by atoms with Crippen LogP contribution >= 0.6 is 15.9 Å². The number of ether oxygens (including phenoxy) is 1. The van der Waals surface area contributed by atoms with E-state index in [1.54, 1.807) is 0 Å². The molecule has 0 aliphatic rings. The van der Waals surface area contributed by atoms with E-state index in [2.05, 4.69) is 47.2 Å². The second kappa shape index (κ2) is 8.88. The van der Waals surface area contributed by atoms with E-state index in [0.29, 0.717) is 18.2 Å². The normalized spacial score (nSPS) is 11.8. The molecule has 0 aliphatic heterocycles. The highest BCUT2D eigenvalue weighted by atomic mass is 79.9. The van der Waals surface area contributed by atoms with Gasteiger partial charge in [-0.05, 0) is 58.5 Å². The van der Waals surface area contributed by atoms with Gasteiger partial charge in [-0.3, -0.25) is 4.79 Å². The highest BCUT2D eigenvalue weighted by Crippen LogP contribution is 2.29. The van der Waals surface area contributed by atoms with Crippen molar-refractivity contribution in [2.75, 3.05) is 6.61 Å². The third-order valence-corrected chi connectivity index (χ3v) is 4.73. The van der Waals surface area contributed by atoms with Crippen LogP contribution in [0, 0.1) is 6.92 Å². The van der Waals surface area contributed by atoms with E-state index < -0.39 is 0 Å². The molecule has 0 aromatic heterocycles. The number of rotatable bonds is 7. The molecule has 0 saturated carbocycles. The Morgan fingerprint density at radius 1 is 1.21 bits per heavy atom. The Hall–Kier alpha value is -1.81. The summed E-state index contributed by atoms with van der Waals surface area (Å²) in [6.07, 6.45) is 1.09. The van der Waals surface area contributed by atoms with Gasteiger partial charge in [0.15, 0.2) is 6.61 Å². The molecule has 24 heavy (non-hydrogen) atoms. The zero-order chi connectivity index (χ0) is 17.5. The molecule has 0 saturated heterocycles. The first-order chi connectivity index (χ1) is 11.5. The maximum atomic E-state index is 11.9. The molecule has 0 aliphatic carbocycles. The maximum Gasteiger partial charge on any atom is 0.258 e. The third-order valence-electron chi connectivity index (χ3n) is 4.11. The highest BCUT2D eigenvalue weighted by Gasteiger charge is 2.09. The van der Waals surface area contributed by atoms with Crippen LogP contribution in [-0.4, -0.2) is 12.5 Å². The number of carbonyl (C=O) groups is 1. The quantitative estimate of drug-likeness (QED) is 0.725. The SMILES string of the molecule is CCC(C)c1ccc(OCC(=O)NCc2ccc(C)cc2)c(Br)c1. The zero-order valence-electron chi connectivity index (χ0n) is 14.4. The van der Waals surface area contributed by atoms with Crippen LogP contribution in [0.2, 0.25) is 0 Å². The molecule has 0 bridgehead atoms. The maximum absolute atomic E-state index is 11.9. The number of nitrogens with one attached hydrogen (secondary N) is 1. The molecule has 0 fully saturated rings. The van der Waals surface area contributed by atoms with Crippen molar-refractivity contribution in [1.29, 1.82) is 0 Å². The molecule has 4 heteroatoms. The van der Waals surface area contributed by atoms with Crippen molar-refractivity contribution < 1.29 is 9.53 Å². The van der Waals surface area contributed by atoms with Crippen molar-refractivity contribution in [2.24, 2.45) is 0 Å². The van der Waals surface area contributed by atoms with Crippen molar-refractivity contribution in [3.05, 3.63) is 63.6 Å². The van der Waals surface area contributed by atoms with Gasteiger partial charge in [-0.1, -0.05) is 49.7 Å². The molecule has 3 nitrogen and oxygen atoms in total. The predicted molar refractivity (Wildman–Crippen MR) is 101 cm³/mol. The van der Waals surface area contributed by atoms with Gasteiger partial charge in [0.05, 0.1) is 4.47 Å². The number of carbonyl (C=O) groups excluding carboxylic acids is 1. The standard InChI is InChI=1S/C20H24BrNO2/c1-4-15(3)17-9-10-19(18(21)11-17)24-13-20(23)22-12-16-7-5-14(2)6-8-16/h5-11,15H,4,12-13H2,1-3H3,(H,22,23). The fourth-order valence-electron chi connectivity index (χ4n) is 2.28. The van der Waals surface area contributed by atoms with Gasteiger partial charge in [-0.15, -0.1) is 0 Å². The Balaban J connectivity index is 1.84. The first-order valence-corrected chi connectivity index (χ1v) is 9.03. The monoisotopic (exact) mass is 389 g/mol. The number of hydrogen-bond donors (Lipinski definition) is 1. The van der Waals surface area contributed by atoms with Gasteiger partial charge in [0.1, 0.15) is 5.75 Å². The Bertz CT molecular complexity index is 683. The van der Waals surface area contributed by atoms with Gasteiger partial charge in [0.25, 0.3) is 5.91 Å². The minimum Gasteiger partial charge on any atom is -0.483 e. The van der Waals surface area contributed by atoms with Crippen molar-refractivity contribution in [3.8, 4) is 5.75 Å². The van der Waals surface area contributed by atoms with Gasteiger partial charge < -0.3 is 10.1 Å². The second-order valence-corrected chi connectivity index (χ2v) is 6.90. The number of halogens is 1. The summed E-state index contributed by atoms with van der Waals surface area (Å²) in [5.41, 5.74) is 3.55. The third kappa shape index (κ3) is 5.38. The van der Waals surface area contributed by atoms with Gasteiger partial charge in [0.2, 0.25) is 0 Å². The number of hydrogen-bond acceptors (Lipinski definition) is 2. The molecule has 128 valence electrons. The number of aryl methyl sites for hydroxylation is 1. The second-order valence-electron chi connectivity index (χ2n) is 6.05. The van der Waals surface area contributed by atoms with Crippen LogP contribution < -0.4 is 10.1 Å².